The van der Waals surface area contributed by atoms with E-state index < -0.39 is 24.1 Å². The van der Waals surface area contributed by atoms with Crippen molar-refractivity contribution in [1.29, 1.82) is 0 Å². The van der Waals surface area contributed by atoms with E-state index in [1.54, 1.807) is 6.92 Å². The maximum absolute atomic E-state index is 12.6. The van der Waals surface area contributed by atoms with E-state index in [0.29, 0.717) is 0 Å². The predicted molar refractivity (Wildman–Crippen MR) is 33.5 cm³/mol. The molecule has 3 atom stereocenters. The maximum atomic E-state index is 12.6. The summed E-state index contributed by atoms with van der Waals surface area (Å²) in [5.74, 6) is -1.37. The van der Waals surface area contributed by atoms with Gasteiger partial charge in [-0.25, -0.2) is 4.39 Å². The molecule has 3 nitrogen and oxygen atoms in total. The summed E-state index contributed by atoms with van der Waals surface area (Å²) in [6, 6.07) is -0.699. The Labute approximate surface area is 58.2 Å². The van der Waals surface area contributed by atoms with Gasteiger partial charge < -0.3 is 10.4 Å². The molecule has 1 aliphatic rings. The molecule has 0 amide bonds. The number of hydrogen-bond donors (Lipinski definition) is 2. The maximum Gasteiger partial charge on any atom is 0.321 e. The second-order valence-electron chi connectivity index (χ2n) is 2.60. The van der Waals surface area contributed by atoms with Crippen LogP contribution in [0.1, 0.15) is 6.92 Å². The largest absolute Gasteiger partial charge is 0.480 e. The van der Waals surface area contributed by atoms with Crippen LogP contribution in [0.15, 0.2) is 0 Å². The Morgan fingerprint density at radius 3 is 2.60 bits per heavy atom. The summed E-state index contributed by atoms with van der Waals surface area (Å²) in [5, 5.41) is 11.1. The van der Waals surface area contributed by atoms with E-state index >= 15 is 0 Å². The zero-order valence-electron chi connectivity index (χ0n) is 5.67. The van der Waals surface area contributed by atoms with Crippen LogP contribution in [-0.2, 0) is 4.79 Å². The molecule has 1 aliphatic heterocycles. The third kappa shape index (κ3) is 1.11. The number of carboxylic acid groups (broad SMARTS) is 1. The number of alkyl halides is 1. The zero-order valence-corrected chi connectivity index (χ0v) is 5.67. The Kier molecular flexibility index (Phi) is 1.89. The number of carboxylic acids is 1. The average molecular weight is 147 g/mol. The molecule has 0 aromatic carbocycles. The highest BCUT2D eigenvalue weighted by Crippen LogP contribution is 2.18. The molecule has 1 fully saturated rings. The van der Waals surface area contributed by atoms with Crippen LogP contribution < -0.4 is 5.32 Å². The highest BCUT2D eigenvalue weighted by molar-refractivity contribution is 5.74. The molecule has 0 saturated carbocycles. The highest BCUT2D eigenvalue weighted by Gasteiger charge is 2.36. The van der Waals surface area contributed by atoms with Crippen LogP contribution in [0, 0.1) is 5.92 Å². The fourth-order valence-electron chi connectivity index (χ4n) is 1.13. The molecule has 1 saturated heterocycles. The Hall–Kier alpha value is -0.640. The van der Waals surface area contributed by atoms with E-state index in [1.807, 2.05) is 0 Å². The van der Waals surface area contributed by atoms with Crippen molar-refractivity contribution >= 4 is 5.97 Å². The second-order valence-corrected chi connectivity index (χ2v) is 2.60. The van der Waals surface area contributed by atoms with Crippen LogP contribution in [0.3, 0.4) is 0 Å². The fraction of sp³-hybridized carbons (Fsp3) is 0.833. The average Bonchev–Trinajstić information content (AvgIpc) is 2.14. The van der Waals surface area contributed by atoms with Gasteiger partial charge in [-0.15, -0.1) is 0 Å². The van der Waals surface area contributed by atoms with Gasteiger partial charge in [-0.2, -0.15) is 0 Å². The minimum absolute atomic E-state index is 0.165. The smallest absolute Gasteiger partial charge is 0.321 e. The monoisotopic (exact) mass is 147 g/mol. The fourth-order valence-corrected chi connectivity index (χ4v) is 1.13. The van der Waals surface area contributed by atoms with Gasteiger partial charge in [0.1, 0.15) is 12.2 Å². The van der Waals surface area contributed by atoms with E-state index in [1.165, 1.54) is 0 Å². The van der Waals surface area contributed by atoms with Gasteiger partial charge in [0.05, 0.1) is 0 Å². The predicted octanol–water partition coefficient (Wildman–Crippen LogP) is 0.0170. The molecule has 10 heavy (non-hydrogen) atoms. The van der Waals surface area contributed by atoms with Crippen molar-refractivity contribution in [2.24, 2.45) is 5.92 Å². The van der Waals surface area contributed by atoms with Gasteiger partial charge in [-0.1, -0.05) is 6.92 Å². The second kappa shape index (κ2) is 2.54. The quantitative estimate of drug-likeness (QED) is 0.549. The lowest BCUT2D eigenvalue weighted by Crippen LogP contribution is -2.34. The first-order valence-electron chi connectivity index (χ1n) is 3.23. The number of rotatable bonds is 1. The van der Waals surface area contributed by atoms with Crippen molar-refractivity contribution in [2.45, 2.75) is 19.1 Å². The molecule has 1 rings (SSSR count). The number of carbonyl (C=O) groups is 1. The Morgan fingerprint density at radius 2 is 2.40 bits per heavy atom. The van der Waals surface area contributed by atoms with Crippen LogP contribution in [0.4, 0.5) is 4.39 Å². The lowest BCUT2D eigenvalue weighted by Gasteiger charge is -2.09. The summed E-state index contributed by atoms with van der Waals surface area (Å²) in [6.45, 7) is 1.77. The van der Waals surface area contributed by atoms with Gasteiger partial charge in [0.25, 0.3) is 0 Å². The standard InChI is InChI=1S/C6H10FNO2/c1-3-4(7)2-8-5(3)6(9)10/h3-5,8H,2H2,1H3,(H,9,10)/t3-,4+,5-/m0/s1. The minimum Gasteiger partial charge on any atom is -0.480 e. The van der Waals surface area contributed by atoms with Crippen molar-refractivity contribution in [3.8, 4) is 0 Å². The van der Waals surface area contributed by atoms with Crippen LogP contribution in [0.25, 0.3) is 0 Å². The first kappa shape index (κ1) is 7.47. The van der Waals surface area contributed by atoms with Gasteiger partial charge in [-0.05, 0) is 0 Å². The number of nitrogens with one attached hydrogen (secondary N) is 1. The molecular formula is C6H10FNO2. The van der Waals surface area contributed by atoms with Gasteiger partial charge >= 0.3 is 5.97 Å². The lowest BCUT2D eigenvalue weighted by molar-refractivity contribution is -0.140. The number of hydrogen-bond acceptors (Lipinski definition) is 2. The molecule has 0 spiro atoms. The van der Waals surface area contributed by atoms with Crippen molar-refractivity contribution in [3.63, 3.8) is 0 Å². The molecule has 2 N–H and O–H groups in total. The molecule has 1 heterocycles. The van der Waals surface area contributed by atoms with E-state index in [-0.39, 0.29) is 6.54 Å². The van der Waals surface area contributed by atoms with Gasteiger partial charge in [0.2, 0.25) is 0 Å². The van der Waals surface area contributed by atoms with Crippen LogP contribution in [-0.4, -0.2) is 29.8 Å². The van der Waals surface area contributed by atoms with Crippen molar-refractivity contribution in [3.05, 3.63) is 0 Å². The van der Waals surface area contributed by atoms with Crippen LogP contribution in [0.5, 0.6) is 0 Å². The van der Waals surface area contributed by atoms with E-state index in [9.17, 15) is 9.18 Å². The summed E-state index contributed by atoms with van der Waals surface area (Å²) in [5.41, 5.74) is 0. The summed E-state index contributed by atoms with van der Waals surface area (Å²) in [7, 11) is 0. The molecule has 0 radical (unpaired) electrons. The lowest BCUT2D eigenvalue weighted by atomic mass is 10.0. The van der Waals surface area contributed by atoms with E-state index in [2.05, 4.69) is 5.32 Å². The van der Waals surface area contributed by atoms with Gasteiger partial charge in [0.15, 0.2) is 0 Å². The Bertz CT molecular complexity index is 151. The van der Waals surface area contributed by atoms with Gasteiger partial charge in [-0.3, -0.25) is 4.79 Å². The SMILES string of the molecule is C[C@H]1[C@H](F)CN[C@@H]1C(=O)O. The van der Waals surface area contributed by atoms with Crippen LogP contribution >= 0.6 is 0 Å². The van der Waals surface area contributed by atoms with E-state index in [4.69, 9.17) is 5.11 Å². The number of aliphatic carboxylic acids is 1. The summed E-state index contributed by atoms with van der Waals surface area (Å²) >= 11 is 0. The van der Waals surface area contributed by atoms with E-state index in [0.717, 1.165) is 0 Å². The Morgan fingerprint density at radius 1 is 1.80 bits per heavy atom. The molecule has 0 aromatic heterocycles. The molecule has 0 aromatic rings. The van der Waals surface area contributed by atoms with Gasteiger partial charge in [0, 0.05) is 12.5 Å². The molecule has 58 valence electrons. The normalized spacial score (nSPS) is 40.0. The topological polar surface area (TPSA) is 49.3 Å². The summed E-state index contributed by atoms with van der Waals surface area (Å²) < 4.78 is 12.6. The highest BCUT2D eigenvalue weighted by atomic mass is 19.1. The first-order chi connectivity index (χ1) is 4.63. The molecule has 0 aliphatic carbocycles. The first-order valence-corrected chi connectivity index (χ1v) is 3.23. The number of halogens is 1. The third-order valence-electron chi connectivity index (χ3n) is 1.90. The zero-order chi connectivity index (χ0) is 7.72. The van der Waals surface area contributed by atoms with Crippen molar-refractivity contribution in [2.75, 3.05) is 6.54 Å². The third-order valence-corrected chi connectivity index (χ3v) is 1.90. The summed E-state index contributed by atoms with van der Waals surface area (Å²) in [4.78, 5) is 10.3. The molecule has 4 heteroatoms. The van der Waals surface area contributed by atoms with Crippen molar-refractivity contribution in [1.82, 2.24) is 5.32 Å². The molecule has 0 bridgehead atoms. The summed E-state index contributed by atoms with van der Waals surface area (Å²) in [6.07, 6.45) is -1.01. The van der Waals surface area contributed by atoms with Crippen molar-refractivity contribution < 1.29 is 14.3 Å². The minimum atomic E-state index is -1.01. The Balaban J connectivity index is 2.57. The van der Waals surface area contributed by atoms with Crippen LogP contribution in [0.2, 0.25) is 0 Å². The molecular weight excluding hydrogens is 137 g/mol. The molecule has 0 unspecified atom stereocenters.